The number of nitrogens with two attached hydrogens (primary N) is 1. The highest BCUT2D eigenvalue weighted by Gasteiger charge is 2.23. The molecule has 2 aromatic carbocycles. The summed E-state index contributed by atoms with van der Waals surface area (Å²) >= 11 is 0. The van der Waals surface area contributed by atoms with Crippen molar-refractivity contribution < 1.29 is 14.3 Å². The Kier molecular flexibility index (Phi) is 7.88. The molecular formula is C23H30N2O3. The van der Waals surface area contributed by atoms with Crippen LogP contribution in [-0.4, -0.2) is 49.8 Å². The number of piperidine rings is 1. The number of para-hydroxylation sites is 1. The summed E-state index contributed by atoms with van der Waals surface area (Å²) in [6.07, 6.45) is 3.33. The monoisotopic (exact) mass is 382 g/mol. The molecule has 1 saturated heterocycles. The molecule has 1 amide bonds. The topological polar surface area (TPSA) is 64.8 Å². The van der Waals surface area contributed by atoms with Gasteiger partial charge in [0.15, 0.2) is 0 Å². The highest BCUT2D eigenvalue weighted by molar-refractivity contribution is 5.76. The Balaban J connectivity index is 1.44. The van der Waals surface area contributed by atoms with Gasteiger partial charge in [0.2, 0.25) is 5.91 Å². The zero-order chi connectivity index (χ0) is 19.6. The Labute approximate surface area is 167 Å². The van der Waals surface area contributed by atoms with Gasteiger partial charge in [-0.1, -0.05) is 48.5 Å². The number of amides is 1. The van der Waals surface area contributed by atoms with Crippen LogP contribution in [0.5, 0.6) is 5.75 Å². The van der Waals surface area contributed by atoms with E-state index in [1.165, 1.54) is 0 Å². The first-order valence-corrected chi connectivity index (χ1v) is 10.1. The van der Waals surface area contributed by atoms with Crippen LogP contribution in [0.2, 0.25) is 0 Å². The maximum Gasteiger partial charge on any atom is 0.226 e. The van der Waals surface area contributed by atoms with Crippen LogP contribution in [0.4, 0.5) is 0 Å². The van der Waals surface area contributed by atoms with Gasteiger partial charge in [-0.15, -0.1) is 0 Å². The molecule has 150 valence electrons. The normalized spacial score (nSPS) is 14.8. The summed E-state index contributed by atoms with van der Waals surface area (Å²) < 4.78 is 11.8. The van der Waals surface area contributed by atoms with Crippen LogP contribution in [0, 0.1) is 0 Å². The van der Waals surface area contributed by atoms with Gasteiger partial charge in [-0.05, 0) is 37.4 Å². The number of carbonyl (C=O) groups excluding carboxylic acids is 1. The first-order chi connectivity index (χ1) is 13.8. The fourth-order valence-electron chi connectivity index (χ4n) is 3.46. The van der Waals surface area contributed by atoms with E-state index in [-0.39, 0.29) is 12.0 Å². The molecule has 0 aromatic heterocycles. The molecule has 0 atom stereocenters. The average molecular weight is 383 g/mol. The molecule has 1 aliphatic heterocycles. The van der Waals surface area contributed by atoms with Crippen molar-refractivity contribution in [2.75, 3.05) is 32.8 Å². The van der Waals surface area contributed by atoms with Crippen molar-refractivity contribution in [3.8, 4) is 16.9 Å². The Morgan fingerprint density at radius 3 is 2.46 bits per heavy atom. The third-order valence-electron chi connectivity index (χ3n) is 5.04. The number of benzene rings is 2. The van der Waals surface area contributed by atoms with Gasteiger partial charge in [-0.25, -0.2) is 0 Å². The maximum atomic E-state index is 12.5. The predicted octanol–water partition coefficient (Wildman–Crippen LogP) is 3.48. The molecule has 1 heterocycles. The Hall–Kier alpha value is -2.37. The van der Waals surface area contributed by atoms with Gasteiger partial charge >= 0.3 is 0 Å². The van der Waals surface area contributed by atoms with Gasteiger partial charge in [0, 0.05) is 25.3 Å². The van der Waals surface area contributed by atoms with Crippen LogP contribution in [-0.2, 0) is 9.53 Å². The van der Waals surface area contributed by atoms with Crippen molar-refractivity contribution >= 4 is 5.91 Å². The highest BCUT2D eigenvalue weighted by atomic mass is 16.5. The largest absolute Gasteiger partial charge is 0.492 e. The molecule has 0 aliphatic carbocycles. The Bertz CT molecular complexity index is 728. The van der Waals surface area contributed by atoms with Crippen molar-refractivity contribution in [2.24, 2.45) is 5.73 Å². The van der Waals surface area contributed by atoms with Crippen LogP contribution in [0.15, 0.2) is 54.6 Å². The van der Waals surface area contributed by atoms with Crippen molar-refractivity contribution in [3.05, 3.63) is 54.6 Å². The van der Waals surface area contributed by atoms with Crippen molar-refractivity contribution in [1.29, 1.82) is 0 Å². The molecule has 0 saturated carbocycles. The van der Waals surface area contributed by atoms with Crippen LogP contribution in [0.3, 0.4) is 0 Å². The minimum Gasteiger partial charge on any atom is -0.492 e. The molecule has 5 heteroatoms. The minimum atomic E-state index is 0.151. The number of hydrogen-bond acceptors (Lipinski definition) is 4. The van der Waals surface area contributed by atoms with Crippen LogP contribution >= 0.6 is 0 Å². The van der Waals surface area contributed by atoms with Gasteiger partial charge in [0.1, 0.15) is 5.75 Å². The van der Waals surface area contributed by atoms with Crippen LogP contribution < -0.4 is 10.5 Å². The second kappa shape index (κ2) is 10.8. The molecule has 1 fully saturated rings. The quantitative estimate of drug-likeness (QED) is 0.675. The van der Waals surface area contributed by atoms with Gasteiger partial charge in [0.05, 0.1) is 19.1 Å². The fourth-order valence-corrected chi connectivity index (χ4v) is 3.46. The molecule has 1 aliphatic rings. The smallest absolute Gasteiger partial charge is 0.226 e. The highest BCUT2D eigenvalue weighted by Crippen LogP contribution is 2.29. The van der Waals surface area contributed by atoms with Gasteiger partial charge in [-0.2, -0.15) is 0 Å². The fraction of sp³-hybridized carbons (Fsp3) is 0.435. The number of hydrogen-bond donors (Lipinski definition) is 1. The van der Waals surface area contributed by atoms with Gasteiger partial charge in [0.25, 0.3) is 0 Å². The summed E-state index contributed by atoms with van der Waals surface area (Å²) in [4.78, 5) is 14.4. The lowest BCUT2D eigenvalue weighted by atomic mass is 10.1. The molecule has 28 heavy (non-hydrogen) atoms. The first-order valence-electron chi connectivity index (χ1n) is 10.1. The van der Waals surface area contributed by atoms with E-state index in [0.29, 0.717) is 26.2 Å². The predicted molar refractivity (Wildman–Crippen MR) is 111 cm³/mol. The van der Waals surface area contributed by atoms with E-state index in [2.05, 4.69) is 12.1 Å². The Morgan fingerprint density at radius 2 is 1.71 bits per heavy atom. The molecule has 0 radical (unpaired) electrons. The van der Waals surface area contributed by atoms with E-state index in [1.807, 2.05) is 47.4 Å². The second-order valence-electron chi connectivity index (χ2n) is 7.05. The second-order valence-corrected chi connectivity index (χ2v) is 7.05. The number of likely N-dealkylation sites (tertiary alicyclic amines) is 1. The Morgan fingerprint density at radius 1 is 1.00 bits per heavy atom. The van der Waals surface area contributed by atoms with Crippen molar-refractivity contribution in [3.63, 3.8) is 0 Å². The number of carbonyl (C=O) groups is 1. The van der Waals surface area contributed by atoms with E-state index in [4.69, 9.17) is 15.2 Å². The van der Waals surface area contributed by atoms with Gasteiger partial charge in [-0.3, -0.25) is 4.79 Å². The molecular weight excluding hydrogens is 352 g/mol. The van der Waals surface area contributed by atoms with Crippen molar-refractivity contribution in [1.82, 2.24) is 4.90 Å². The summed E-state index contributed by atoms with van der Waals surface area (Å²) in [7, 11) is 0. The number of ether oxygens (including phenoxy) is 2. The lowest BCUT2D eigenvalue weighted by Gasteiger charge is -2.32. The van der Waals surface area contributed by atoms with Gasteiger partial charge < -0.3 is 20.1 Å². The van der Waals surface area contributed by atoms with E-state index in [9.17, 15) is 4.79 Å². The summed E-state index contributed by atoms with van der Waals surface area (Å²) in [6, 6.07) is 18.1. The third-order valence-corrected chi connectivity index (χ3v) is 5.04. The molecule has 2 aromatic rings. The zero-order valence-corrected chi connectivity index (χ0v) is 16.4. The van der Waals surface area contributed by atoms with E-state index < -0.39 is 0 Å². The first kappa shape index (κ1) is 20.4. The molecule has 0 bridgehead atoms. The molecule has 0 spiro atoms. The summed E-state index contributed by atoms with van der Waals surface area (Å²) in [6.45, 7) is 3.27. The minimum absolute atomic E-state index is 0.151. The molecule has 3 rings (SSSR count). The average Bonchev–Trinajstić information content (AvgIpc) is 2.75. The number of rotatable bonds is 9. The SMILES string of the molecule is NCCCOC1CCN(C(=O)CCOc2ccccc2-c2ccccc2)CC1. The summed E-state index contributed by atoms with van der Waals surface area (Å²) in [5, 5.41) is 0. The zero-order valence-electron chi connectivity index (χ0n) is 16.4. The van der Waals surface area contributed by atoms with E-state index in [0.717, 1.165) is 49.2 Å². The lowest BCUT2D eigenvalue weighted by molar-refractivity contribution is -0.134. The van der Waals surface area contributed by atoms with Crippen LogP contribution in [0.25, 0.3) is 11.1 Å². The van der Waals surface area contributed by atoms with Crippen LogP contribution in [0.1, 0.15) is 25.7 Å². The van der Waals surface area contributed by atoms with E-state index >= 15 is 0 Å². The summed E-state index contributed by atoms with van der Waals surface area (Å²) in [5.74, 6) is 0.964. The molecule has 2 N–H and O–H groups in total. The van der Waals surface area contributed by atoms with Crippen molar-refractivity contribution in [2.45, 2.75) is 31.8 Å². The molecule has 5 nitrogen and oxygen atoms in total. The number of nitrogens with zero attached hydrogens (tertiary/aromatic N) is 1. The third kappa shape index (κ3) is 5.81. The summed E-state index contributed by atoms with van der Waals surface area (Å²) in [5.41, 5.74) is 7.65. The van der Waals surface area contributed by atoms with E-state index in [1.54, 1.807) is 0 Å². The lowest BCUT2D eigenvalue weighted by Crippen LogP contribution is -2.41. The molecule has 0 unspecified atom stereocenters. The maximum absolute atomic E-state index is 12.5. The standard InChI is InChI=1S/C23H30N2O3/c24-14-6-17-27-20-11-15-25(16-12-20)23(26)13-18-28-22-10-5-4-9-21(22)19-7-2-1-3-8-19/h1-5,7-10,20H,6,11-18,24H2.